The van der Waals surface area contributed by atoms with Gasteiger partial charge in [0.2, 0.25) is 0 Å². The molecular weight excluding hydrogens is 256 g/mol. The fraction of sp³-hybridized carbons (Fsp3) is 0.533. The second-order valence-electron chi connectivity index (χ2n) is 5.14. The summed E-state index contributed by atoms with van der Waals surface area (Å²) in [5.41, 5.74) is 1.54. The topological polar surface area (TPSA) is 70.6 Å². The van der Waals surface area contributed by atoms with Crippen molar-refractivity contribution < 1.29 is 14.6 Å². The minimum Gasteiger partial charge on any atom is -0.389 e. The fourth-order valence-electron chi connectivity index (χ4n) is 2.25. The Labute approximate surface area is 119 Å². The van der Waals surface area contributed by atoms with Gasteiger partial charge in [0.1, 0.15) is 0 Å². The minimum atomic E-state index is -0.497. The zero-order chi connectivity index (χ0) is 14.5. The first kappa shape index (κ1) is 14.8. The Hall–Kier alpha value is -1.59. The lowest BCUT2D eigenvalue weighted by atomic mass is 9.89. The molecule has 0 spiro atoms. The third-order valence-electron chi connectivity index (χ3n) is 3.48. The van der Waals surface area contributed by atoms with Crippen molar-refractivity contribution in [2.75, 3.05) is 11.9 Å². The molecule has 1 atom stereocenters. The zero-order valence-electron chi connectivity index (χ0n) is 11.9. The van der Waals surface area contributed by atoms with Crippen LogP contribution < -0.4 is 10.6 Å². The van der Waals surface area contributed by atoms with Gasteiger partial charge in [0.05, 0.1) is 12.2 Å². The van der Waals surface area contributed by atoms with E-state index in [1.54, 1.807) is 31.2 Å². The Kier molecular flexibility index (Phi) is 4.98. The molecule has 2 rings (SSSR count). The van der Waals surface area contributed by atoms with Gasteiger partial charge in [-0.3, -0.25) is 0 Å². The first-order valence-corrected chi connectivity index (χ1v) is 7.05. The Morgan fingerprint density at radius 1 is 1.40 bits per heavy atom. The molecule has 2 amide bonds. The van der Waals surface area contributed by atoms with Crippen LogP contribution in [0.2, 0.25) is 0 Å². The molecule has 0 bridgehead atoms. The second kappa shape index (κ2) is 6.72. The largest absolute Gasteiger partial charge is 0.389 e. The number of benzene rings is 1. The van der Waals surface area contributed by atoms with Crippen LogP contribution in [-0.2, 0) is 4.74 Å². The number of carbonyl (C=O) groups is 1. The van der Waals surface area contributed by atoms with Crippen molar-refractivity contribution in [2.24, 2.45) is 0 Å². The Bertz CT molecular complexity index is 439. The van der Waals surface area contributed by atoms with Crippen LogP contribution in [0.15, 0.2) is 24.3 Å². The van der Waals surface area contributed by atoms with Crippen molar-refractivity contribution in [3.8, 4) is 0 Å². The number of hydrogen-bond donors (Lipinski definition) is 3. The molecule has 5 nitrogen and oxygen atoms in total. The molecule has 0 aliphatic heterocycles. The van der Waals surface area contributed by atoms with Crippen molar-refractivity contribution in [1.29, 1.82) is 0 Å². The lowest BCUT2D eigenvalue weighted by Gasteiger charge is -2.35. The van der Waals surface area contributed by atoms with Crippen molar-refractivity contribution in [3.05, 3.63) is 29.8 Å². The minimum absolute atomic E-state index is 0.197. The van der Waals surface area contributed by atoms with Crippen LogP contribution in [0.5, 0.6) is 0 Å². The number of urea groups is 1. The maximum Gasteiger partial charge on any atom is 0.319 e. The summed E-state index contributed by atoms with van der Waals surface area (Å²) in [4.78, 5) is 11.8. The standard InChI is InChI=1S/C15H22N2O3/c1-3-20-14-8-13(9-14)17-15(19)16-12-6-4-11(5-7-12)10(2)18/h4-7,10,13-14,18H,3,8-9H2,1-2H3,(H2,16,17,19). The molecule has 1 aliphatic rings. The number of rotatable bonds is 5. The predicted molar refractivity (Wildman–Crippen MR) is 77.7 cm³/mol. The normalized spacial score (nSPS) is 22.8. The average molecular weight is 278 g/mol. The summed E-state index contributed by atoms with van der Waals surface area (Å²) in [6.45, 7) is 4.41. The van der Waals surface area contributed by atoms with Gasteiger partial charge in [0.15, 0.2) is 0 Å². The number of amides is 2. The van der Waals surface area contributed by atoms with E-state index in [0.717, 1.165) is 25.0 Å². The number of aliphatic hydroxyl groups excluding tert-OH is 1. The highest BCUT2D eigenvalue weighted by Crippen LogP contribution is 2.23. The molecule has 1 aromatic carbocycles. The van der Waals surface area contributed by atoms with Gasteiger partial charge in [-0.05, 0) is 44.4 Å². The second-order valence-corrected chi connectivity index (χ2v) is 5.14. The van der Waals surface area contributed by atoms with Crippen molar-refractivity contribution in [3.63, 3.8) is 0 Å². The molecule has 5 heteroatoms. The van der Waals surface area contributed by atoms with E-state index in [-0.39, 0.29) is 18.2 Å². The number of hydrogen-bond acceptors (Lipinski definition) is 3. The van der Waals surface area contributed by atoms with E-state index < -0.39 is 6.10 Å². The van der Waals surface area contributed by atoms with Crippen molar-refractivity contribution in [1.82, 2.24) is 5.32 Å². The van der Waals surface area contributed by atoms with Gasteiger partial charge in [-0.2, -0.15) is 0 Å². The maximum absolute atomic E-state index is 11.8. The predicted octanol–water partition coefficient (Wildman–Crippen LogP) is 2.43. The van der Waals surface area contributed by atoms with E-state index >= 15 is 0 Å². The SMILES string of the molecule is CCOC1CC(NC(=O)Nc2ccc(C(C)O)cc2)C1. The van der Waals surface area contributed by atoms with Crippen LogP contribution in [0, 0.1) is 0 Å². The van der Waals surface area contributed by atoms with E-state index in [0.29, 0.717) is 5.69 Å². The molecule has 0 radical (unpaired) electrons. The summed E-state index contributed by atoms with van der Waals surface area (Å²) in [5, 5.41) is 15.1. The van der Waals surface area contributed by atoms with Crippen LogP contribution in [0.1, 0.15) is 38.4 Å². The fourth-order valence-corrected chi connectivity index (χ4v) is 2.25. The monoisotopic (exact) mass is 278 g/mol. The van der Waals surface area contributed by atoms with Gasteiger partial charge in [-0.1, -0.05) is 12.1 Å². The van der Waals surface area contributed by atoms with Gasteiger partial charge >= 0.3 is 6.03 Å². The number of ether oxygens (including phenoxy) is 1. The molecular formula is C15H22N2O3. The molecule has 1 unspecified atom stereocenters. The molecule has 110 valence electrons. The molecule has 1 fully saturated rings. The molecule has 0 saturated heterocycles. The smallest absolute Gasteiger partial charge is 0.319 e. The highest BCUT2D eigenvalue weighted by Gasteiger charge is 2.30. The van der Waals surface area contributed by atoms with Crippen LogP contribution in [0.25, 0.3) is 0 Å². The number of aliphatic hydroxyl groups is 1. The number of carbonyl (C=O) groups excluding carboxylic acids is 1. The van der Waals surface area contributed by atoms with Crippen molar-refractivity contribution >= 4 is 11.7 Å². The molecule has 0 heterocycles. The van der Waals surface area contributed by atoms with Gasteiger partial charge in [-0.15, -0.1) is 0 Å². The maximum atomic E-state index is 11.8. The molecule has 1 aromatic rings. The van der Waals surface area contributed by atoms with Crippen LogP contribution in [-0.4, -0.2) is 29.9 Å². The average Bonchev–Trinajstić information content (AvgIpc) is 2.37. The third kappa shape index (κ3) is 3.95. The van der Waals surface area contributed by atoms with Crippen molar-refractivity contribution in [2.45, 2.75) is 44.9 Å². The van der Waals surface area contributed by atoms with E-state index in [9.17, 15) is 9.90 Å². The molecule has 1 saturated carbocycles. The first-order valence-electron chi connectivity index (χ1n) is 7.05. The molecule has 3 N–H and O–H groups in total. The molecule has 20 heavy (non-hydrogen) atoms. The third-order valence-corrected chi connectivity index (χ3v) is 3.48. The van der Waals surface area contributed by atoms with Crippen LogP contribution in [0.4, 0.5) is 10.5 Å². The summed E-state index contributed by atoms with van der Waals surface area (Å²) in [5.74, 6) is 0. The van der Waals surface area contributed by atoms with Crippen LogP contribution >= 0.6 is 0 Å². The zero-order valence-corrected chi connectivity index (χ0v) is 11.9. The van der Waals surface area contributed by atoms with Gasteiger partial charge in [-0.25, -0.2) is 4.79 Å². The first-order chi connectivity index (χ1) is 9.58. The summed E-state index contributed by atoms with van der Waals surface area (Å²) >= 11 is 0. The summed E-state index contributed by atoms with van der Waals surface area (Å²) in [7, 11) is 0. The van der Waals surface area contributed by atoms with E-state index in [4.69, 9.17) is 4.74 Å². The number of nitrogens with one attached hydrogen (secondary N) is 2. The van der Waals surface area contributed by atoms with Gasteiger partial charge < -0.3 is 20.5 Å². The lowest BCUT2D eigenvalue weighted by molar-refractivity contribution is -0.00673. The Morgan fingerprint density at radius 2 is 2.05 bits per heavy atom. The highest BCUT2D eigenvalue weighted by molar-refractivity contribution is 5.89. The highest BCUT2D eigenvalue weighted by atomic mass is 16.5. The summed E-state index contributed by atoms with van der Waals surface area (Å²) in [6.07, 6.45) is 1.55. The van der Waals surface area contributed by atoms with E-state index in [1.165, 1.54) is 0 Å². The number of anilines is 1. The summed E-state index contributed by atoms with van der Waals surface area (Å²) < 4.78 is 5.45. The quantitative estimate of drug-likeness (QED) is 0.774. The van der Waals surface area contributed by atoms with E-state index in [2.05, 4.69) is 10.6 Å². The summed E-state index contributed by atoms with van der Waals surface area (Å²) in [6, 6.07) is 7.17. The molecule has 0 aromatic heterocycles. The van der Waals surface area contributed by atoms with E-state index in [1.807, 2.05) is 6.92 Å². The molecule has 1 aliphatic carbocycles. The van der Waals surface area contributed by atoms with Gasteiger partial charge in [0, 0.05) is 18.3 Å². The van der Waals surface area contributed by atoms with Crippen LogP contribution in [0.3, 0.4) is 0 Å². The van der Waals surface area contributed by atoms with Gasteiger partial charge in [0.25, 0.3) is 0 Å². The lowest BCUT2D eigenvalue weighted by Crippen LogP contribution is -2.49. The Morgan fingerprint density at radius 3 is 2.60 bits per heavy atom. The Balaban J connectivity index is 1.75.